The molecule has 0 aliphatic rings. The number of rotatable bonds is 4. The molecule has 2 heterocycles. The maximum Gasteiger partial charge on any atom is 0.128 e. The second-order valence-corrected chi connectivity index (χ2v) is 6.62. The van der Waals surface area contributed by atoms with Crippen LogP contribution in [0.2, 0.25) is 0 Å². The lowest BCUT2D eigenvalue weighted by molar-refractivity contribution is 0.900. The molecule has 0 bridgehead atoms. The highest BCUT2D eigenvalue weighted by Crippen LogP contribution is 2.22. The summed E-state index contributed by atoms with van der Waals surface area (Å²) in [5.41, 5.74) is 2.50. The Morgan fingerprint density at radius 3 is 2.71 bits per heavy atom. The topological polar surface area (TPSA) is 16.1 Å². The van der Waals surface area contributed by atoms with E-state index < -0.39 is 0 Å². The van der Waals surface area contributed by atoms with E-state index in [1.165, 1.54) is 14.9 Å². The number of aromatic nitrogens is 1. The van der Waals surface area contributed by atoms with Crippen molar-refractivity contribution in [1.82, 2.24) is 4.98 Å². The lowest BCUT2D eigenvalue weighted by Gasteiger charge is -2.17. The summed E-state index contributed by atoms with van der Waals surface area (Å²) in [6, 6.07) is 6.29. The fourth-order valence-corrected chi connectivity index (χ4v) is 3.04. The van der Waals surface area contributed by atoms with Crippen LogP contribution in [0.15, 0.2) is 33.6 Å². The van der Waals surface area contributed by atoms with Gasteiger partial charge in [-0.05, 0) is 44.6 Å². The Bertz CT molecular complexity index is 482. The minimum Gasteiger partial charge on any atom is -0.355 e. The molecule has 0 aliphatic heterocycles. The third kappa shape index (κ3) is 3.53. The van der Waals surface area contributed by atoms with Crippen LogP contribution < -0.4 is 4.90 Å². The highest BCUT2D eigenvalue weighted by atomic mass is 79.9. The Kier molecular flexibility index (Phi) is 4.59. The van der Waals surface area contributed by atoms with E-state index in [-0.39, 0.29) is 0 Å². The molecule has 2 aromatic heterocycles. The number of alkyl halides is 1. The summed E-state index contributed by atoms with van der Waals surface area (Å²) in [5.74, 6) is 0.997. The molecule has 0 N–H and O–H groups in total. The molecule has 0 saturated heterocycles. The first kappa shape index (κ1) is 13.1. The van der Waals surface area contributed by atoms with E-state index in [2.05, 4.69) is 72.4 Å². The zero-order valence-corrected chi connectivity index (χ0v) is 13.3. The molecular formula is C12H12Br2N2S. The maximum atomic E-state index is 4.44. The molecule has 0 aliphatic carbocycles. The molecule has 0 atom stereocenters. The van der Waals surface area contributed by atoms with Crippen molar-refractivity contribution in [2.45, 2.75) is 11.9 Å². The first-order valence-electron chi connectivity index (χ1n) is 5.14. The maximum absolute atomic E-state index is 4.44. The van der Waals surface area contributed by atoms with E-state index in [0.717, 1.165) is 17.7 Å². The van der Waals surface area contributed by atoms with Crippen LogP contribution in [0.4, 0.5) is 5.82 Å². The van der Waals surface area contributed by atoms with Crippen molar-refractivity contribution in [3.8, 4) is 0 Å². The Morgan fingerprint density at radius 2 is 2.18 bits per heavy atom. The summed E-state index contributed by atoms with van der Waals surface area (Å²) in [6.07, 6.45) is 1.91. The number of nitrogens with zero attached hydrogens (tertiary/aromatic N) is 2. The van der Waals surface area contributed by atoms with Gasteiger partial charge in [0.1, 0.15) is 5.82 Å². The minimum atomic E-state index is 0.849. The van der Waals surface area contributed by atoms with E-state index in [1.807, 2.05) is 6.20 Å². The van der Waals surface area contributed by atoms with Crippen LogP contribution in [0.25, 0.3) is 0 Å². The van der Waals surface area contributed by atoms with Gasteiger partial charge in [-0.15, -0.1) is 11.3 Å². The zero-order chi connectivity index (χ0) is 12.3. The van der Waals surface area contributed by atoms with Gasteiger partial charge < -0.3 is 4.90 Å². The molecule has 0 fully saturated rings. The molecule has 0 radical (unpaired) electrons. The fourth-order valence-electron chi connectivity index (χ4n) is 1.51. The van der Waals surface area contributed by atoms with E-state index >= 15 is 0 Å². The average Bonchev–Trinajstić information content (AvgIpc) is 2.75. The van der Waals surface area contributed by atoms with Gasteiger partial charge in [0, 0.05) is 25.1 Å². The molecule has 0 unspecified atom stereocenters. The van der Waals surface area contributed by atoms with Crippen molar-refractivity contribution in [1.29, 1.82) is 0 Å². The van der Waals surface area contributed by atoms with Crippen LogP contribution in [0.1, 0.15) is 11.1 Å². The Balaban J connectivity index is 2.06. The largest absolute Gasteiger partial charge is 0.355 e. The normalized spacial score (nSPS) is 10.5. The first-order chi connectivity index (χ1) is 8.19. The third-order valence-corrected chi connectivity index (χ3v) is 4.60. The molecule has 0 aromatic carbocycles. The number of thiophene rings is 1. The van der Waals surface area contributed by atoms with E-state index in [1.54, 1.807) is 11.3 Å². The second kappa shape index (κ2) is 5.98. The molecular weight excluding hydrogens is 364 g/mol. The van der Waals surface area contributed by atoms with Gasteiger partial charge in [-0.3, -0.25) is 0 Å². The molecule has 2 rings (SSSR count). The van der Waals surface area contributed by atoms with Crippen molar-refractivity contribution in [2.75, 3.05) is 11.9 Å². The summed E-state index contributed by atoms with van der Waals surface area (Å²) in [5, 5.41) is 3.01. The standard InChI is InChI=1S/C12H12Br2N2S/c1-16(7-10-4-11(14)17-8-10)12-3-2-9(5-13)6-15-12/h2-4,6,8H,5,7H2,1H3. The predicted molar refractivity (Wildman–Crippen MR) is 81.0 cm³/mol. The van der Waals surface area contributed by atoms with Gasteiger partial charge in [-0.1, -0.05) is 22.0 Å². The van der Waals surface area contributed by atoms with Gasteiger partial charge in [0.2, 0.25) is 0 Å². The highest BCUT2D eigenvalue weighted by Gasteiger charge is 2.05. The molecule has 2 nitrogen and oxygen atoms in total. The molecule has 0 spiro atoms. The smallest absolute Gasteiger partial charge is 0.128 e. The summed E-state index contributed by atoms with van der Waals surface area (Å²) in [6.45, 7) is 0.878. The summed E-state index contributed by atoms with van der Waals surface area (Å²) < 4.78 is 1.17. The molecule has 17 heavy (non-hydrogen) atoms. The second-order valence-electron chi connectivity index (χ2n) is 3.77. The van der Waals surface area contributed by atoms with Crippen molar-refractivity contribution in [3.63, 3.8) is 0 Å². The van der Waals surface area contributed by atoms with Gasteiger partial charge in [0.15, 0.2) is 0 Å². The number of anilines is 1. The van der Waals surface area contributed by atoms with Crippen LogP contribution in [-0.2, 0) is 11.9 Å². The van der Waals surface area contributed by atoms with Crippen LogP contribution in [0.3, 0.4) is 0 Å². The van der Waals surface area contributed by atoms with Crippen molar-refractivity contribution in [2.24, 2.45) is 0 Å². The molecule has 90 valence electrons. The number of hydrogen-bond donors (Lipinski definition) is 0. The molecule has 5 heteroatoms. The van der Waals surface area contributed by atoms with Crippen LogP contribution in [0.5, 0.6) is 0 Å². The predicted octanol–water partition coefficient (Wildman–Crippen LogP) is 4.44. The summed E-state index contributed by atoms with van der Waals surface area (Å²) in [4.78, 5) is 6.59. The van der Waals surface area contributed by atoms with Gasteiger partial charge in [0.25, 0.3) is 0 Å². The number of pyridine rings is 1. The lowest BCUT2D eigenvalue weighted by atomic mass is 10.3. The fraction of sp³-hybridized carbons (Fsp3) is 0.250. The van der Waals surface area contributed by atoms with E-state index in [0.29, 0.717) is 0 Å². The van der Waals surface area contributed by atoms with Gasteiger partial charge in [-0.25, -0.2) is 4.98 Å². The average molecular weight is 376 g/mol. The minimum absolute atomic E-state index is 0.849. The Labute approximate surface area is 122 Å². The van der Waals surface area contributed by atoms with Gasteiger partial charge in [-0.2, -0.15) is 0 Å². The lowest BCUT2D eigenvalue weighted by Crippen LogP contribution is -2.17. The Morgan fingerprint density at radius 1 is 1.35 bits per heavy atom. The monoisotopic (exact) mass is 374 g/mol. The van der Waals surface area contributed by atoms with Crippen LogP contribution in [0, 0.1) is 0 Å². The number of hydrogen-bond acceptors (Lipinski definition) is 3. The molecule has 0 amide bonds. The Hall–Kier alpha value is -0.390. The highest BCUT2D eigenvalue weighted by molar-refractivity contribution is 9.11. The van der Waals surface area contributed by atoms with E-state index in [9.17, 15) is 0 Å². The molecule has 0 saturated carbocycles. The van der Waals surface area contributed by atoms with Crippen LogP contribution >= 0.6 is 43.2 Å². The van der Waals surface area contributed by atoms with Crippen molar-refractivity contribution >= 4 is 49.0 Å². The first-order valence-corrected chi connectivity index (χ1v) is 7.93. The van der Waals surface area contributed by atoms with Crippen molar-refractivity contribution in [3.05, 3.63) is 44.7 Å². The van der Waals surface area contributed by atoms with Crippen molar-refractivity contribution < 1.29 is 0 Å². The van der Waals surface area contributed by atoms with E-state index in [4.69, 9.17) is 0 Å². The zero-order valence-electron chi connectivity index (χ0n) is 9.36. The quantitative estimate of drug-likeness (QED) is 0.734. The number of halogens is 2. The molecule has 2 aromatic rings. The third-order valence-electron chi connectivity index (χ3n) is 2.40. The SMILES string of the molecule is CN(Cc1csc(Br)c1)c1ccc(CBr)cn1. The summed E-state index contributed by atoms with van der Waals surface area (Å²) in [7, 11) is 2.06. The van der Waals surface area contributed by atoms with Gasteiger partial charge >= 0.3 is 0 Å². The van der Waals surface area contributed by atoms with Gasteiger partial charge in [0.05, 0.1) is 3.79 Å². The summed E-state index contributed by atoms with van der Waals surface area (Å²) >= 11 is 8.61. The van der Waals surface area contributed by atoms with Crippen LogP contribution in [-0.4, -0.2) is 12.0 Å².